The van der Waals surface area contributed by atoms with E-state index in [1.807, 2.05) is 0 Å². The first-order valence-corrected chi connectivity index (χ1v) is 14.6. The molecule has 41 heavy (non-hydrogen) atoms. The van der Waals surface area contributed by atoms with Crippen LogP contribution in [0.1, 0.15) is 42.5 Å². The van der Waals surface area contributed by atoms with Crippen molar-refractivity contribution < 1.29 is 41.1 Å². The van der Waals surface area contributed by atoms with E-state index in [4.69, 9.17) is 23.1 Å². The highest BCUT2D eigenvalue weighted by Crippen LogP contribution is 2.52. The summed E-state index contributed by atoms with van der Waals surface area (Å²) in [6.07, 6.45) is 0.764. The molecule has 2 aliphatic carbocycles. The van der Waals surface area contributed by atoms with E-state index >= 15 is 0 Å². The molecule has 0 aromatic heterocycles. The lowest BCUT2D eigenvalue weighted by Crippen LogP contribution is -2.56. The van der Waals surface area contributed by atoms with Gasteiger partial charge in [0, 0.05) is 29.9 Å². The van der Waals surface area contributed by atoms with Gasteiger partial charge in [-0.3, -0.25) is 14.4 Å². The van der Waals surface area contributed by atoms with E-state index in [-0.39, 0.29) is 47.0 Å². The summed E-state index contributed by atoms with van der Waals surface area (Å²) >= 11 is 6.23. The second-order valence-electron chi connectivity index (χ2n) is 10.4. The SMILES string of the molecule is NC(=O)CC(N)C(=O)NCC1(O)C2CCC1CC(S(=O)(=O)c1cc(C(=O)Nc3cc(F)c(F)c(F)c3)ccc1Cl)C2. The molecule has 3 amide bonds. The van der Waals surface area contributed by atoms with E-state index in [1.165, 1.54) is 12.1 Å². The molecule has 4 rings (SSSR count). The maximum absolute atomic E-state index is 13.7. The maximum Gasteiger partial charge on any atom is 0.255 e. The minimum absolute atomic E-state index is 0.0550. The largest absolute Gasteiger partial charge is 0.387 e. The zero-order valence-electron chi connectivity index (χ0n) is 21.5. The van der Waals surface area contributed by atoms with Gasteiger partial charge in [0.15, 0.2) is 27.3 Å². The van der Waals surface area contributed by atoms with Gasteiger partial charge in [-0.25, -0.2) is 21.6 Å². The number of aliphatic hydroxyl groups is 1. The van der Waals surface area contributed by atoms with Gasteiger partial charge in [0.05, 0.1) is 33.2 Å². The van der Waals surface area contributed by atoms with Gasteiger partial charge >= 0.3 is 0 Å². The normalized spacial score (nSPS) is 24.5. The molecule has 3 unspecified atom stereocenters. The smallest absolute Gasteiger partial charge is 0.255 e. The molecule has 0 aliphatic heterocycles. The summed E-state index contributed by atoms with van der Waals surface area (Å²) in [6.45, 7) is -0.179. The maximum atomic E-state index is 13.7. The van der Waals surface area contributed by atoms with Crippen LogP contribution in [0.25, 0.3) is 0 Å². The molecule has 222 valence electrons. The highest BCUT2D eigenvalue weighted by molar-refractivity contribution is 7.92. The summed E-state index contributed by atoms with van der Waals surface area (Å²) in [5.74, 6) is -8.03. The fourth-order valence-corrected chi connectivity index (χ4v) is 8.10. The number of nitrogens with one attached hydrogen (secondary N) is 2. The van der Waals surface area contributed by atoms with Crippen LogP contribution in [0.2, 0.25) is 5.02 Å². The average Bonchev–Trinajstić information content (AvgIpc) is 3.05. The number of carbonyl (C=O) groups excluding carboxylic acids is 3. The Kier molecular flexibility index (Phi) is 8.69. The number of fused-ring (bicyclic) bond motifs is 2. The monoisotopic (exact) mass is 616 g/mol. The second kappa shape index (κ2) is 11.6. The molecule has 2 aromatic rings. The van der Waals surface area contributed by atoms with E-state index in [9.17, 15) is 41.1 Å². The molecule has 2 fully saturated rings. The van der Waals surface area contributed by atoms with Gasteiger partial charge in [-0.1, -0.05) is 11.6 Å². The van der Waals surface area contributed by atoms with Crippen LogP contribution in [0, 0.1) is 29.3 Å². The number of anilines is 1. The molecule has 0 radical (unpaired) electrons. The molecule has 0 saturated heterocycles. The Morgan fingerprint density at radius 1 is 1.07 bits per heavy atom. The summed E-state index contributed by atoms with van der Waals surface area (Å²) < 4.78 is 67.7. The number of hydrogen-bond acceptors (Lipinski definition) is 7. The lowest BCUT2D eigenvalue weighted by Gasteiger charge is -2.42. The topological polar surface area (TPSA) is 182 Å². The van der Waals surface area contributed by atoms with E-state index in [1.54, 1.807) is 0 Å². The Morgan fingerprint density at radius 3 is 2.22 bits per heavy atom. The van der Waals surface area contributed by atoms with E-state index in [2.05, 4.69) is 10.6 Å². The molecule has 0 heterocycles. The Morgan fingerprint density at radius 2 is 1.66 bits per heavy atom. The number of rotatable bonds is 9. The third kappa shape index (κ3) is 6.20. The number of primary amides is 1. The van der Waals surface area contributed by atoms with Crippen LogP contribution in [0.4, 0.5) is 18.9 Å². The van der Waals surface area contributed by atoms with Gasteiger partial charge < -0.3 is 27.2 Å². The van der Waals surface area contributed by atoms with E-state index < -0.39 is 73.7 Å². The number of carbonyl (C=O) groups is 3. The minimum Gasteiger partial charge on any atom is -0.387 e. The molecule has 3 atom stereocenters. The lowest BCUT2D eigenvalue weighted by molar-refractivity contribution is -0.128. The van der Waals surface area contributed by atoms with E-state index in [0.29, 0.717) is 25.0 Å². The summed E-state index contributed by atoms with van der Waals surface area (Å²) in [6, 6.07) is 3.45. The summed E-state index contributed by atoms with van der Waals surface area (Å²) in [5, 5.41) is 15.0. The molecule has 2 saturated carbocycles. The van der Waals surface area contributed by atoms with Gasteiger partial charge in [-0.15, -0.1) is 0 Å². The van der Waals surface area contributed by atoms with Crippen molar-refractivity contribution in [1.82, 2.24) is 5.32 Å². The minimum atomic E-state index is -4.13. The summed E-state index contributed by atoms with van der Waals surface area (Å²) in [4.78, 5) is 35.7. The first-order valence-electron chi connectivity index (χ1n) is 12.7. The number of sulfone groups is 1. The van der Waals surface area contributed by atoms with Crippen LogP contribution >= 0.6 is 11.6 Å². The zero-order valence-corrected chi connectivity index (χ0v) is 23.1. The third-order valence-corrected chi connectivity index (χ3v) is 10.5. The molecular weight excluding hydrogens is 589 g/mol. The summed E-state index contributed by atoms with van der Waals surface area (Å²) in [7, 11) is -4.13. The van der Waals surface area contributed by atoms with Crippen molar-refractivity contribution in [3.63, 3.8) is 0 Å². The van der Waals surface area contributed by atoms with Gasteiger partial charge in [-0.2, -0.15) is 0 Å². The standard InChI is InChI=1S/C26H28ClF3N4O6S/c27-17-4-1-12(24(36)34-15-8-18(28)23(30)19(29)9-15)5-21(17)41(39,40)16-6-13-2-3-14(7-16)26(13,38)11-33-25(37)20(31)10-22(32)35/h1,4-5,8-9,13-14,16,20,38H,2-3,6-7,10-11,31H2,(H2,32,35)(H,33,37)(H,34,36). The molecular formula is C26H28ClF3N4O6S. The number of halogens is 4. The van der Waals surface area contributed by atoms with Gasteiger partial charge in [0.1, 0.15) is 0 Å². The first-order chi connectivity index (χ1) is 19.1. The number of nitrogens with two attached hydrogens (primary N) is 2. The predicted octanol–water partition coefficient (Wildman–Crippen LogP) is 2.02. The van der Waals surface area contributed by atoms with Crippen molar-refractivity contribution in [2.45, 2.75) is 53.9 Å². The van der Waals surface area contributed by atoms with Crippen LogP contribution in [0.3, 0.4) is 0 Å². The van der Waals surface area contributed by atoms with Crippen molar-refractivity contribution in [2.24, 2.45) is 23.3 Å². The quantitative estimate of drug-likeness (QED) is 0.267. The second-order valence-corrected chi connectivity index (χ2v) is 13.1. The van der Waals surface area contributed by atoms with Crippen LogP contribution in [-0.2, 0) is 19.4 Å². The van der Waals surface area contributed by atoms with Gasteiger partial charge in [-0.05, 0) is 55.7 Å². The van der Waals surface area contributed by atoms with Crippen molar-refractivity contribution in [2.75, 3.05) is 11.9 Å². The fourth-order valence-electron chi connectivity index (χ4n) is 5.69. The van der Waals surface area contributed by atoms with Crippen molar-refractivity contribution >= 4 is 44.8 Å². The highest BCUT2D eigenvalue weighted by atomic mass is 35.5. The Balaban J connectivity index is 1.50. The first kappa shape index (κ1) is 30.8. The van der Waals surface area contributed by atoms with E-state index in [0.717, 1.165) is 6.07 Å². The average molecular weight is 617 g/mol. The van der Waals surface area contributed by atoms with Gasteiger partial charge in [0.2, 0.25) is 11.8 Å². The van der Waals surface area contributed by atoms with Crippen LogP contribution in [0.5, 0.6) is 0 Å². The van der Waals surface area contributed by atoms with Crippen molar-refractivity contribution in [3.8, 4) is 0 Å². The lowest BCUT2D eigenvalue weighted by atomic mass is 9.74. The molecule has 15 heteroatoms. The van der Waals surface area contributed by atoms with Crippen LogP contribution < -0.4 is 22.1 Å². The Hall–Kier alpha value is -3.20. The number of amides is 3. The molecule has 2 aromatic carbocycles. The molecule has 10 nitrogen and oxygen atoms in total. The molecule has 7 N–H and O–H groups in total. The Bertz CT molecular complexity index is 1470. The molecule has 2 aliphatic rings. The number of hydrogen-bond donors (Lipinski definition) is 5. The van der Waals surface area contributed by atoms with Crippen LogP contribution in [0.15, 0.2) is 35.2 Å². The predicted molar refractivity (Wildman–Crippen MR) is 142 cm³/mol. The van der Waals surface area contributed by atoms with Crippen molar-refractivity contribution in [1.29, 1.82) is 0 Å². The van der Waals surface area contributed by atoms with Crippen molar-refractivity contribution in [3.05, 3.63) is 58.4 Å². The highest BCUT2D eigenvalue weighted by Gasteiger charge is 2.55. The number of benzene rings is 2. The zero-order chi connectivity index (χ0) is 30.3. The van der Waals surface area contributed by atoms with Crippen LogP contribution in [-0.4, -0.2) is 54.7 Å². The molecule has 0 spiro atoms. The van der Waals surface area contributed by atoms with Gasteiger partial charge in [0.25, 0.3) is 5.91 Å². The molecule has 2 bridgehead atoms. The third-order valence-electron chi connectivity index (χ3n) is 7.86. The Labute approximate surface area is 238 Å². The summed E-state index contributed by atoms with van der Waals surface area (Å²) in [5.41, 5.74) is 8.77. The fraction of sp³-hybridized carbons (Fsp3) is 0.423.